The summed E-state index contributed by atoms with van der Waals surface area (Å²) < 4.78 is 25.1. The maximum absolute atomic E-state index is 11.6. The van der Waals surface area contributed by atoms with Gasteiger partial charge in [0.25, 0.3) is 0 Å². The smallest absolute Gasteiger partial charge is 0.175 e. The molecule has 3 aromatic rings. The molecule has 4 nitrogen and oxygen atoms in total. The quantitative estimate of drug-likeness (QED) is 0.697. The molecular weight excluding hydrogens is 344 g/mol. The molecule has 0 fully saturated rings. The van der Waals surface area contributed by atoms with E-state index in [4.69, 9.17) is 11.6 Å². The molecule has 0 aliphatic heterocycles. The molecule has 0 spiro atoms. The summed E-state index contributed by atoms with van der Waals surface area (Å²) in [6, 6.07) is 14.4. The van der Waals surface area contributed by atoms with Crippen molar-refractivity contribution in [2.75, 3.05) is 6.26 Å². The van der Waals surface area contributed by atoms with Crippen LogP contribution in [0.1, 0.15) is 6.92 Å². The first kappa shape index (κ1) is 16.7. The molecule has 6 heteroatoms. The second-order valence-corrected chi connectivity index (χ2v) is 8.00. The van der Waals surface area contributed by atoms with Gasteiger partial charge in [-0.3, -0.25) is 4.68 Å². The van der Waals surface area contributed by atoms with E-state index in [0.29, 0.717) is 9.92 Å². The number of sulfone groups is 1. The monoisotopic (exact) mass is 360 g/mol. The predicted molar refractivity (Wildman–Crippen MR) is 96.9 cm³/mol. The highest BCUT2D eigenvalue weighted by Crippen LogP contribution is 2.32. The van der Waals surface area contributed by atoms with Gasteiger partial charge in [-0.2, -0.15) is 5.10 Å². The van der Waals surface area contributed by atoms with Crippen molar-refractivity contribution in [1.29, 1.82) is 0 Å². The van der Waals surface area contributed by atoms with Crippen molar-refractivity contribution in [2.45, 2.75) is 18.4 Å². The van der Waals surface area contributed by atoms with Gasteiger partial charge in [0.15, 0.2) is 9.84 Å². The van der Waals surface area contributed by atoms with Gasteiger partial charge in [-0.05, 0) is 36.8 Å². The zero-order valence-electron chi connectivity index (χ0n) is 13.4. The van der Waals surface area contributed by atoms with Crippen molar-refractivity contribution in [2.24, 2.45) is 0 Å². The van der Waals surface area contributed by atoms with Crippen LogP contribution in [-0.2, 0) is 16.4 Å². The van der Waals surface area contributed by atoms with Gasteiger partial charge in [0.2, 0.25) is 0 Å². The van der Waals surface area contributed by atoms with Crippen LogP contribution in [0.5, 0.6) is 0 Å². The van der Waals surface area contributed by atoms with Crippen molar-refractivity contribution >= 4 is 21.4 Å². The average Bonchev–Trinajstić information content (AvgIpc) is 2.99. The van der Waals surface area contributed by atoms with Crippen molar-refractivity contribution in [3.63, 3.8) is 0 Å². The Morgan fingerprint density at radius 1 is 1.00 bits per heavy atom. The minimum absolute atomic E-state index is 0.300. The molecule has 2 aromatic carbocycles. The molecule has 0 radical (unpaired) electrons. The van der Waals surface area contributed by atoms with E-state index in [1.807, 2.05) is 42.1 Å². The largest absolute Gasteiger partial charge is 0.272 e. The van der Waals surface area contributed by atoms with E-state index < -0.39 is 9.84 Å². The first-order valence-corrected chi connectivity index (χ1v) is 9.79. The van der Waals surface area contributed by atoms with Gasteiger partial charge in [-0.25, -0.2) is 8.42 Å². The number of hydrogen-bond donors (Lipinski definition) is 0. The van der Waals surface area contributed by atoms with Crippen LogP contribution in [0, 0.1) is 0 Å². The maximum atomic E-state index is 11.6. The van der Waals surface area contributed by atoms with Crippen molar-refractivity contribution in [3.8, 4) is 22.4 Å². The lowest BCUT2D eigenvalue weighted by molar-refractivity contribution is 0.602. The third-order valence-electron chi connectivity index (χ3n) is 3.80. The van der Waals surface area contributed by atoms with E-state index in [2.05, 4.69) is 5.10 Å². The molecule has 0 unspecified atom stereocenters. The first-order chi connectivity index (χ1) is 11.4. The number of aromatic nitrogens is 2. The summed E-state index contributed by atoms with van der Waals surface area (Å²) in [7, 11) is -3.21. The second kappa shape index (κ2) is 6.42. The molecule has 3 rings (SSSR count). The number of benzene rings is 2. The van der Waals surface area contributed by atoms with Crippen molar-refractivity contribution < 1.29 is 8.42 Å². The van der Waals surface area contributed by atoms with Crippen molar-refractivity contribution in [1.82, 2.24) is 9.78 Å². The normalized spacial score (nSPS) is 11.6. The molecule has 0 saturated heterocycles. The topological polar surface area (TPSA) is 52.0 Å². The Morgan fingerprint density at radius 3 is 2.12 bits per heavy atom. The van der Waals surface area contributed by atoms with E-state index in [0.717, 1.165) is 28.9 Å². The molecule has 1 heterocycles. The van der Waals surface area contributed by atoms with E-state index in [1.54, 1.807) is 24.3 Å². The Hall–Kier alpha value is -2.11. The molecule has 0 aliphatic carbocycles. The van der Waals surface area contributed by atoms with Gasteiger partial charge < -0.3 is 0 Å². The molecule has 124 valence electrons. The van der Waals surface area contributed by atoms with Crippen LogP contribution in [0.3, 0.4) is 0 Å². The summed E-state index contributed by atoms with van der Waals surface area (Å²) in [6.07, 6.45) is 3.19. The maximum Gasteiger partial charge on any atom is 0.175 e. The van der Waals surface area contributed by atoms with Crippen LogP contribution in [0.15, 0.2) is 59.6 Å². The third kappa shape index (κ3) is 3.37. The molecule has 1 aromatic heterocycles. The lowest BCUT2D eigenvalue weighted by Gasteiger charge is -2.04. The lowest BCUT2D eigenvalue weighted by atomic mass is 10.0. The zero-order chi connectivity index (χ0) is 17.3. The van der Waals surface area contributed by atoms with Crippen molar-refractivity contribution in [3.05, 3.63) is 59.8 Å². The Kier molecular flexibility index (Phi) is 4.47. The Bertz CT molecular complexity index is 959. The van der Waals surface area contributed by atoms with E-state index in [-0.39, 0.29) is 0 Å². The standard InChI is InChI=1S/C18H17ClN2O2S/c1-3-21-12-17(13-4-8-15(19)9-5-13)18(20-21)14-6-10-16(11-7-14)24(2,22)23/h4-12H,3H2,1-2H3. The van der Waals surface area contributed by atoms with Crippen LogP contribution in [0.25, 0.3) is 22.4 Å². The van der Waals surface area contributed by atoms with Gasteiger partial charge in [-0.1, -0.05) is 35.9 Å². The fraction of sp³-hybridized carbons (Fsp3) is 0.167. The Balaban J connectivity index is 2.10. The predicted octanol–water partition coefficient (Wildman–Crippen LogP) is 4.29. The van der Waals surface area contributed by atoms with Crippen LogP contribution < -0.4 is 0 Å². The summed E-state index contributed by atoms with van der Waals surface area (Å²) in [6.45, 7) is 2.77. The van der Waals surface area contributed by atoms with E-state index in [9.17, 15) is 8.42 Å². The van der Waals surface area contributed by atoms with E-state index >= 15 is 0 Å². The first-order valence-electron chi connectivity index (χ1n) is 7.52. The van der Waals surface area contributed by atoms with Crippen LogP contribution >= 0.6 is 11.6 Å². The number of halogens is 1. The summed E-state index contributed by atoms with van der Waals surface area (Å²) in [5.41, 5.74) is 3.70. The van der Waals surface area contributed by atoms with Gasteiger partial charge in [0.05, 0.1) is 4.90 Å². The average molecular weight is 361 g/mol. The highest BCUT2D eigenvalue weighted by atomic mass is 35.5. The molecule has 24 heavy (non-hydrogen) atoms. The molecule has 0 saturated carbocycles. The number of hydrogen-bond acceptors (Lipinski definition) is 3. The molecule has 0 N–H and O–H groups in total. The summed E-state index contributed by atoms with van der Waals surface area (Å²) in [5.74, 6) is 0. The number of nitrogens with zero attached hydrogens (tertiary/aromatic N) is 2. The Morgan fingerprint density at radius 2 is 1.58 bits per heavy atom. The molecule has 0 amide bonds. The highest BCUT2D eigenvalue weighted by molar-refractivity contribution is 7.90. The van der Waals surface area contributed by atoms with Gasteiger partial charge in [0, 0.05) is 35.1 Å². The van der Waals surface area contributed by atoms with Gasteiger partial charge in [0.1, 0.15) is 5.69 Å². The van der Waals surface area contributed by atoms with E-state index in [1.165, 1.54) is 6.26 Å². The summed E-state index contributed by atoms with van der Waals surface area (Å²) in [4.78, 5) is 0.300. The minimum atomic E-state index is -3.21. The number of rotatable bonds is 4. The van der Waals surface area contributed by atoms with Crippen LogP contribution in [-0.4, -0.2) is 24.5 Å². The number of aryl methyl sites for hydroxylation is 1. The molecule has 0 bridgehead atoms. The minimum Gasteiger partial charge on any atom is -0.272 e. The molecule has 0 aliphatic rings. The fourth-order valence-corrected chi connectivity index (χ4v) is 3.25. The molecule has 0 atom stereocenters. The SMILES string of the molecule is CCn1cc(-c2ccc(Cl)cc2)c(-c2ccc(S(C)(=O)=O)cc2)n1. The lowest BCUT2D eigenvalue weighted by Crippen LogP contribution is -1.97. The summed E-state index contributed by atoms with van der Waals surface area (Å²) in [5, 5.41) is 5.31. The Labute approximate surface area is 146 Å². The third-order valence-corrected chi connectivity index (χ3v) is 5.18. The summed E-state index contributed by atoms with van der Waals surface area (Å²) >= 11 is 5.97. The second-order valence-electron chi connectivity index (χ2n) is 5.55. The zero-order valence-corrected chi connectivity index (χ0v) is 15.0. The van der Waals surface area contributed by atoms with Gasteiger partial charge >= 0.3 is 0 Å². The van der Waals surface area contributed by atoms with Crippen LogP contribution in [0.4, 0.5) is 0 Å². The molecular formula is C18H17ClN2O2S. The highest BCUT2D eigenvalue weighted by Gasteiger charge is 2.14. The fourth-order valence-electron chi connectivity index (χ4n) is 2.50. The van der Waals surface area contributed by atoms with Gasteiger partial charge in [-0.15, -0.1) is 0 Å². The van der Waals surface area contributed by atoms with Crippen LogP contribution in [0.2, 0.25) is 5.02 Å².